The van der Waals surface area contributed by atoms with Gasteiger partial charge in [0.2, 0.25) is 0 Å². The first-order valence-electron chi connectivity index (χ1n) is 13.0. The number of aryl methyl sites for hydroxylation is 2. The van der Waals surface area contributed by atoms with Gasteiger partial charge in [0.15, 0.2) is 5.78 Å². The summed E-state index contributed by atoms with van der Waals surface area (Å²) in [4.78, 5) is 44.2. The van der Waals surface area contributed by atoms with Gasteiger partial charge in [0.05, 0.1) is 16.5 Å². The fourth-order valence-electron chi connectivity index (χ4n) is 5.41. The van der Waals surface area contributed by atoms with E-state index in [2.05, 4.69) is 10.3 Å². The molecule has 1 aliphatic rings. The number of carbonyl (C=O) groups excluding carboxylic acids is 2. The molecule has 39 heavy (non-hydrogen) atoms. The van der Waals surface area contributed by atoms with E-state index in [1.165, 1.54) is 24.3 Å². The molecule has 8 heteroatoms. The number of piperidine rings is 1. The molecule has 2 heterocycles. The summed E-state index contributed by atoms with van der Waals surface area (Å²) < 4.78 is 0. The van der Waals surface area contributed by atoms with Crippen molar-refractivity contribution in [3.05, 3.63) is 117 Å². The van der Waals surface area contributed by atoms with Gasteiger partial charge in [0, 0.05) is 54.0 Å². The molecule has 1 aromatic heterocycles. The highest BCUT2D eigenvalue weighted by Crippen LogP contribution is 2.26. The number of nitrogens with zero attached hydrogens (tertiary/aromatic N) is 3. The van der Waals surface area contributed by atoms with Crippen LogP contribution in [0.15, 0.2) is 79.0 Å². The molecule has 0 aliphatic carbocycles. The molecule has 4 aromatic rings. The predicted molar refractivity (Wildman–Crippen MR) is 150 cm³/mol. The molecule has 198 valence electrons. The van der Waals surface area contributed by atoms with Crippen LogP contribution in [0, 0.1) is 24.0 Å². The molecular formula is C31H30N4O4. The van der Waals surface area contributed by atoms with E-state index in [0.29, 0.717) is 37.1 Å². The van der Waals surface area contributed by atoms with Gasteiger partial charge in [0.1, 0.15) is 0 Å². The molecule has 8 nitrogen and oxygen atoms in total. The van der Waals surface area contributed by atoms with Crippen LogP contribution in [0.4, 0.5) is 5.69 Å². The number of carbonyl (C=O) groups is 2. The number of aromatic nitrogens is 1. The monoisotopic (exact) mass is 522 g/mol. The standard InChI is InChI=1S/C31H30N4O4/c1-20-15-21(2)17-24(16-20)31(37)34-14-12-25(33-19-23-11-13-32-28-6-4-3-5-27(23)28)18-29(34)30(36)22-7-9-26(10-8-22)35(38)39/h3-11,13,15-17,25,29,33H,12,14,18-19H2,1-2H3. The Morgan fingerprint density at radius 3 is 2.44 bits per heavy atom. The Bertz CT molecular complexity index is 1520. The summed E-state index contributed by atoms with van der Waals surface area (Å²) in [6, 6.07) is 20.6. The number of pyridine rings is 1. The van der Waals surface area contributed by atoms with E-state index < -0.39 is 11.0 Å². The lowest BCUT2D eigenvalue weighted by Crippen LogP contribution is -2.54. The Hall–Kier alpha value is -4.43. The predicted octanol–water partition coefficient (Wildman–Crippen LogP) is 5.41. The zero-order valence-electron chi connectivity index (χ0n) is 22.0. The first-order chi connectivity index (χ1) is 18.8. The summed E-state index contributed by atoms with van der Waals surface area (Å²) in [6.45, 7) is 4.92. The average molecular weight is 523 g/mol. The molecule has 1 fully saturated rings. The van der Waals surface area contributed by atoms with Crippen molar-refractivity contribution in [3.63, 3.8) is 0 Å². The Morgan fingerprint density at radius 1 is 1.00 bits per heavy atom. The van der Waals surface area contributed by atoms with E-state index in [1.807, 2.05) is 62.4 Å². The number of hydrogen-bond donors (Lipinski definition) is 1. The number of rotatable bonds is 7. The van der Waals surface area contributed by atoms with Crippen LogP contribution in [-0.4, -0.2) is 45.1 Å². The molecule has 1 N–H and O–H groups in total. The molecule has 3 aromatic carbocycles. The van der Waals surface area contributed by atoms with Gasteiger partial charge in [-0.15, -0.1) is 0 Å². The van der Waals surface area contributed by atoms with Crippen molar-refractivity contribution in [2.45, 2.75) is 45.3 Å². The fourth-order valence-corrected chi connectivity index (χ4v) is 5.41. The summed E-state index contributed by atoms with van der Waals surface area (Å²) in [5, 5.41) is 15.8. The maximum atomic E-state index is 13.8. The van der Waals surface area contributed by atoms with Crippen molar-refractivity contribution in [1.29, 1.82) is 0 Å². The van der Waals surface area contributed by atoms with Crippen LogP contribution in [0.25, 0.3) is 10.9 Å². The number of para-hydroxylation sites is 1. The minimum absolute atomic E-state index is 0.00669. The molecule has 1 aliphatic heterocycles. The third kappa shape index (κ3) is 5.71. The fraction of sp³-hybridized carbons (Fsp3) is 0.258. The second-order valence-corrected chi connectivity index (χ2v) is 10.1. The quantitative estimate of drug-likeness (QED) is 0.198. The number of fused-ring (bicyclic) bond motifs is 1. The van der Waals surface area contributed by atoms with Crippen LogP contribution in [0.3, 0.4) is 0 Å². The second kappa shape index (κ2) is 11.1. The first-order valence-corrected chi connectivity index (χ1v) is 13.0. The summed E-state index contributed by atoms with van der Waals surface area (Å²) in [5.74, 6) is -0.399. The molecule has 0 spiro atoms. The minimum Gasteiger partial charge on any atom is -0.328 e. The van der Waals surface area contributed by atoms with Gasteiger partial charge < -0.3 is 10.2 Å². The van der Waals surface area contributed by atoms with Crippen LogP contribution >= 0.6 is 0 Å². The van der Waals surface area contributed by atoms with E-state index in [-0.39, 0.29) is 23.4 Å². The van der Waals surface area contributed by atoms with Gasteiger partial charge in [-0.25, -0.2) is 0 Å². The smallest absolute Gasteiger partial charge is 0.269 e. The number of nitro groups is 1. The number of Topliss-reactive ketones (excluding diaryl/α,β-unsaturated/α-hetero) is 1. The van der Waals surface area contributed by atoms with E-state index in [1.54, 1.807) is 11.1 Å². The topological polar surface area (TPSA) is 105 Å². The molecule has 0 bridgehead atoms. The molecular weight excluding hydrogens is 492 g/mol. The van der Waals surface area contributed by atoms with E-state index >= 15 is 0 Å². The van der Waals surface area contributed by atoms with Crippen LogP contribution in [0.5, 0.6) is 0 Å². The molecule has 1 saturated heterocycles. The van der Waals surface area contributed by atoms with Crippen LogP contribution in [0.2, 0.25) is 0 Å². The van der Waals surface area contributed by atoms with Crippen molar-refractivity contribution in [2.24, 2.45) is 0 Å². The van der Waals surface area contributed by atoms with E-state index in [9.17, 15) is 19.7 Å². The third-order valence-corrected chi connectivity index (χ3v) is 7.32. The maximum Gasteiger partial charge on any atom is 0.269 e. The van der Waals surface area contributed by atoms with Gasteiger partial charge in [-0.1, -0.05) is 35.4 Å². The lowest BCUT2D eigenvalue weighted by molar-refractivity contribution is -0.384. The summed E-state index contributed by atoms with van der Waals surface area (Å²) >= 11 is 0. The van der Waals surface area contributed by atoms with Gasteiger partial charge in [-0.05, 0) is 68.7 Å². The Balaban J connectivity index is 1.40. The van der Waals surface area contributed by atoms with Crippen LogP contribution in [0.1, 0.15) is 50.2 Å². The van der Waals surface area contributed by atoms with Gasteiger partial charge >= 0.3 is 0 Å². The zero-order valence-corrected chi connectivity index (χ0v) is 22.0. The lowest BCUT2D eigenvalue weighted by atomic mass is 9.90. The zero-order chi connectivity index (χ0) is 27.5. The van der Waals surface area contributed by atoms with Crippen LogP contribution < -0.4 is 5.32 Å². The third-order valence-electron chi connectivity index (χ3n) is 7.32. The van der Waals surface area contributed by atoms with Crippen molar-refractivity contribution >= 4 is 28.3 Å². The number of hydrogen-bond acceptors (Lipinski definition) is 6. The number of ketones is 1. The highest BCUT2D eigenvalue weighted by atomic mass is 16.6. The number of nitrogens with one attached hydrogen (secondary N) is 1. The SMILES string of the molecule is Cc1cc(C)cc(C(=O)N2CCC(NCc3ccnc4ccccc34)CC2C(=O)c2ccc([N+](=O)[O-])cc2)c1. The van der Waals surface area contributed by atoms with Crippen molar-refractivity contribution in [1.82, 2.24) is 15.2 Å². The van der Waals surface area contributed by atoms with Gasteiger partial charge in [0.25, 0.3) is 11.6 Å². The Kier molecular flexibility index (Phi) is 7.47. The van der Waals surface area contributed by atoms with E-state index in [4.69, 9.17) is 0 Å². The average Bonchev–Trinajstić information content (AvgIpc) is 2.94. The molecule has 2 atom stereocenters. The molecule has 2 unspecified atom stereocenters. The van der Waals surface area contributed by atoms with Gasteiger partial charge in [-0.2, -0.15) is 0 Å². The number of benzene rings is 3. The number of non-ortho nitro benzene ring substituents is 1. The summed E-state index contributed by atoms with van der Waals surface area (Å²) in [5.41, 5.74) is 4.84. The maximum absolute atomic E-state index is 13.8. The Morgan fingerprint density at radius 2 is 1.72 bits per heavy atom. The summed E-state index contributed by atoms with van der Waals surface area (Å²) in [6.07, 6.45) is 2.93. The van der Waals surface area contributed by atoms with Crippen molar-refractivity contribution in [2.75, 3.05) is 6.54 Å². The first kappa shape index (κ1) is 26.2. The number of nitro benzene ring substituents is 1. The minimum atomic E-state index is -0.694. The van der Waals surface area contributed by atoms with E-state index in [0.717, 1.165) is 27.6 Å². The number of likely N-dealkylation sites (tertiary alicyclic amines) is 1. The molecule has 5 rings (SSSR count). The van der Waals surface area contributed by atoms with Gasteiger partial charge in [-0.3, -0.25) is 24.7 Å². The summed E-state index contributed by atoms with van der Waals surface area (Å²) in [7, 11) is 0. The van der Waals surface area contributed by atoms with Crippen LogP contribution in [-0.2, 0) is 6.54 Å². The lowest BCUT2D eigenvalue weighted by Gasteiger charge is -2.39. The highest BCUT2D eigenvalue weighted by molar-refractivity contribution is 6.04. The molecule has 0 radical (unpaired) electrons. The van der Waals surface area contributed by atoms with Crippen molar-refractivity contribution < 1.29 is 14.5 Å². The Labute approximate surface area is 226 Å². The largest absolute Gasteiger partial charge is 0.328 e. The molecule has 0 saturated carbocycles. The normalized spacial score (nSPS) is 17.2. The number of amides is 1. The highest BCUT2D eigenvalue weighted by Gasteiger charge is 2.37. The molecule has 1 amide bonds. The second-order valence-electron chi connectivity index (χ2n) is 10.1. The van der Waals surface area contributed by atoms with Crippen molar-refractivity contribution in [3.8, 4) is 0 Å².